The van der Waals surface area contributed by atoms with Crippen molar-refractivity contribution in [2.24, 2.45) is 0 Å². The van der Waals surface area contributed by atoms with Gasteiger partial charge in [0.05, 0.1) is 10.6 Å². The van der Waals surface area contributed by atoms with Crippen molar-refractivity contribution in [3.63, 3.8) is 0 Å². The second-order valence-corrected chi connectivity index (χ2v) is 5.12. The van der Waals surface area contributed by atoms with Crippen LogP contribution in [0.1, 0.15) is 37.0 Å². The molecule has 0 bridgehead atoms. The standard InChI is InChI=1S/C13H16ClNO3/c1-13(2,8-7-11(16)17)15-12(18)9-5-3-4-6-10(9)14/h3-6H,7-8H2,1-2H3,(H,15,18)(H,16,17). The Bertz CT molecular complexity index is 457. The molecular weight excluding hydrogens is 254 g/mol. The van der Waals surface area contributed by atoms with Crippen molar-refractivity contribution in [2.75, 3.05) is 0 Å². The summed E-state index contributed by atoms with van der Waals surface area (Å²) in [4.78, 5) is 22.5. The lowest BCUT2D eigenvalue weighted by Crippen LogP contribution is -2.43. The number of carbonyl (C=O) groups is 2. The summed E-state index contributed by atoms with van der Waals surface area (Å²) < 4.78 is 0. The van der Waals surface area contributed by atoms with Crippen LogP contribution >= 0.6 is 11.6 Å². The highest BCUT2D eigenvalue weighted by atomic mass is 35.5. The third-order valence-electron chi connectivity index (χ3n) is 2.53. The van der Waals surface area contributed by atoms with Gasteiger partial charge in [-0.25, -0.2) is 0 Å². The number of nitrogens with one attached hydrogen (secondary N) is 1. The zero-order valence-electron chi connectivity index (χ0n) is 10.4. The fourth-order valence-corrected chi connectivity index (χ4v) is 1.72. The lowest BCUT2D eigenvalue weighted by Gasteiger charge is -2.25. The van der Waals surface area contributed by atoms with E-state index in [2.05, 4.69) is 5.32 Å². The molecule has 1 aromatic rings. The van der Waals surface area contributed by atoms with Gasteiger partial charge in [0.2, 0.25) is 0 Å². The molecule has 2 N–H and O–H groups in total. The number of benzene rings is 1. The zero-order valence-corrected chi connectivity index (χ0v) is 11.1. The fourth-order valence-electron chi connectivity index (χ4n) is 1.50. The molecule has 98 valence electrons. The lowest BCUT2D eigenvalue weighted by atomic mass is 9.98. The Balaban J connectivity index is 2.69. The van der Waals surface area contributed by atoms with E-state index in [4.69, 9.17) is 16.7 Å². The molecule has 0 aliphatic heterocycles. The molecule has 18 heavy (non-hydrogen) atoms. The summed E-state index contributed by atoms with van der Waals surface area (Å²) in [5, 5.41) is 11.8. The molecule has 0 radical (unpaired) electrons. The number of carboxylic acid groups (broad SMARTS) is 1. The Labute approximate surface area is 111 Å². The average Bonchev–Trinajstić information content (AvgIpc) is 2.26. The molecular formula is C13H16ClNO3. The van der Waals surface area contributed by atoms with Crippen molar-refractivity contribution < 1.29 is 14.7 Å². The van der Waals surface area contributed by atoms with E-state index in [9.17, 15) is 9.59 Å². The van der Waals surface area contributed by atoms with Crippen molar-refractivity contribution in [3.8, 4) is 0 Å². The maximum atomic E-state index is 12.0. The van der Waals surface area contributed by atoms with E-state index < -0.39 is 11.5 Å². The Kier molecular flexibility index (Phi) is 4.73. The first-order valence-corrected chi connectivity index (χ1v) is 5.98. The van der Waals surface area contributed by atoms with Gasteiger partial charge in [-0.1, -0.05) is 23.7 Å². The molecule has 0 saturated carbocycles. The molecule has 0 aromatic heterocycles. The van der Waals surface area contributed by atoms with Gasteiger partial charge in [-0.05, 0) is 32.4 Å². The zero-order chi connectivity index (χ0) is 13.8. The molecule has 0 aliphatic rings. The highest BCUT2D eigenvalue weighted by Gasteiger charge is 2.23. The Morgan fingerprint density at radius 1 is 1.33 bits per heavy atom. The van der Waals surface area contributed by atoms with Gasteiger partial charge in [0.1, 0.15) is 0 Å². The molecule has 1 aromatic carbocycles. The molecule has 0 atom stereocenters. The van der Waals surface area contributed by atoms with Crippen LogP contribution in [0.5, 0.6) is 0 Å². The summed E-state index contributed by atoms with van der Waals surface area (Å²) in [6.07, 6.45) is 0.369. The van der Waals surface area contributed by atoms with Crippen LogP contribution in [0.3, 0.4) is 0 Å². The van der Waals surface area contributed by atoms with Crippen LogP contribution in [0.2, 0.25) is 5.02 Å². The number of hydrogen-bond acceptors (Lipinski definition) is 2. The van der Waals surface area contributed by atoms with Crippen molar-refractivity contribution in [1.29, 1.82) is 0 Å². The van der Waals surface area contributed by atoms with Crippen molar-refractivity contribution in [2.45, 2.75) is 32.2 Å². The Morgan fingerprint density at radius 2 is 1.94 bits per heavy atom. The molecule has 0 heterocycles. The summed E-state index contributed by atoms with van der Waals surface area (Å²) >= 11 is 5.92. The number of rotatable bonds is 5. The van der Waals surface area contributed by atoms with Gasteiger partial charge in [0.25, 0.3) is 5.91 Å². The van der Waals surface area contributed by atoms with Crippen LogP contribution in [0.25, 0.3) is 0 Å². The average molecular weight is 270 g/mol. The van der Waals surface area contributed by atoms with E-state index in [1.54, 1.807) is 38.1 Å². The van der Waals surface area contributed by atoms with Crippen LogP contribution in [0.15, 0.2) is 24.3 Å². The summed E-state index contributed by atoms with van der Waals surface area (Å²) in [5.74, 6) is -1.17. The lowest BCUT2D eigenvalue weighted by molar-refractivity contribution is -0.137. The third kappa shape index (κ3) is 4.37. The third-order valence-corrected chi connectivity index (χ3v) is 2.86. The predicted octanol–water partition coefficient (Wildman–Crippen LogP) is 2.71. The summed E-state index contributed by atoms with van der Waals surface area (Å²) in [6, 6.07) is 6.74. The SMILES string of the molecule is CC(C)(CCC(=O)O)NC(=O)c1ccccc1Cl. The monoisotopic (exact) mass is 269 g/mol. The molecule has 0 spiro atoms. The van der Waals surface area contributed by atoms with Gasteiger partial charge in [-0.2, -0.15) is 0 Å². The van der Waals surface area contributed by atoms with E-state index >= 15 is 0 Å². The molecule has 0 aliphatic carbocycles. The minimum Gasteiger partial charge on any atom is -0.481 e. The van der Waals surface area contributed by atoms with Gasteiger partial charge in [0, 0.05) is 12.0 Å². The van der Waals surface area contributed by atoms with Crippen LogP contribution in [0.4, 0.5) is 0 Å². The maximum Gasteiger partial charge on any atom is 0.303 e. The second kappa shape index (κ2) is 5.87. The highest BCUT2D eigenvalue weighted by molar-refractivity contribution is 6.33. The van der Waals surface area contributed by atoms with Crippen LogP contribution in [0, 0.1) is 0 Å². The number of aliphatic carboxylic acids is 1. The van der Waals surface area contributed by atoms with E-state index in [1.165, 1.54) is 0 Å². The second-order valence-electron chi connectivity index (χ2n) is 4.71. The molecule has 4 nitrogen and oxygen atoms in total. The summed E-state index contributed by atoms with van der Waals surface area (Å²) in [5.41, 5.74) is -0.197. The first-order chi connectivity index (χ1) is 8.32. The van der Waals surface area contributed by atoms with E-state index in [1.807, 2.05) is 0 Å². The largest absolute Gasteiger partial charge is 0.481 e. The predicted molar refractivity (Wildman–Crippen MR) is 69.9 cm³/mol. The summed E-state index contributed by atoms with van der Waals surface area (Å²) in [6.45, 7) is 3.56. The molecule has 0 unspecified atom stereocenters. The number of amides is 1. The fraction of sp³-hybridized carbons (Fsp3) is 0.385. The molecule has 1 amide bonds. The Hall–Kier alpha value is -1.55. The number of carboxylic acids is 1. The smallest absolute Gasteiger partial charge is 0.303 e. The van der Waals surface area contributed by atoms with Gasteiger partial charge in [-0.3, -0.25) is 9.59 Å². The maximum absolute atomic E-state index is 12.0. The van der Waals surface area contributed by atoms with Gasteiger partial charge in [-0.15, -0.1) is 0 Å². The molecule has 0 fully saturated rings. The number of halogens is 1. The van der Waals surface area contributed by atoms with E-state index in [-0.39, 0.29) is 12.3 Å². The Morgan fingerprint density at radius 3 is 2.50 bits per heavy atom. The summed E-state index contributed by atoms with van der Waals surface area (Å²) in [7, 11) is 0. The van der Waals surface area contributed by atoms with E-state index in [0.29, 0.717) is 17.0 Å². The van der Waals surface area contributed by atoms with Crippen LogP contribution < -0.4 is 5.32 Å². The molecule has 5 heteroatoms. The van der Waals surface area contributed by atoms with Gasteiger partial charge >= 0.3 is 5.97 Å². The first kappa shape index (κ1) is 14.5. The van der Waals surface area contributed by atoms with Crippen LogP contribution in [-0.4, -0.2) is 22.5 Å². The topological polar surface area (TPSA) is 66.4 Å². The quantitative estimate of drug-likeness (QED) is 0.864. The number of carbonyl (C=O) groups excluding carboxylic acids is 1. The van der Waals surface area contributed by atoms with E-state index in [0.717, 1.165) is 0 Å². The normalized spacial score (nSPS) is 11.1. The molecule has 0 saturated heterocycles. The molecule has 1 rings (SSSR count). The van der Waals surface area contributed by atoms with Crippen molar-refractivity contribution in [1.82, 2.24) is 5.32 Å². The van der Waals surface area contributed by atoms with Gasteiger partial charge in [0.15, 0.2) is 0 Å². The highest BCUT2D eigenvalue weighted by Crippen LogP contribution is 2.17. The minimum atomic E-state index is -0.880. The number of hydrogen-bond donors (Lipinski definition) is 2. The van der Waals surface area contributed by atoms with Crippen LogP contribution in [-0.2, 0) is 4.79 Å². The van der Waals surface area contributed by atoms with Crippen molar-refractivity contribution >= 4 is 23.5 Å². The van der Waals surface area contributed by atoms with Gasteiger partial charge < -0.3 is 10.4 Å². The van der Waals surface area contributed by atoms with Crippen molar-refractivity contribution in [3.05, 3.63) is 34.9 Å². The first-order valence-electron chi connectivity index (χ1n) is 5.61. The minimum absolute atomic E-state index is 0.00972.